The first-order chi connectivity index (χ1) is 16.5. The van der Waals surface area contributed by atoms with E-state index in [1.54, 1.807) is 37.3 Å². The molecule has 0 radical (unpaired) electrons. The number of imidazole rings is 1. The summed E-state index contributed by atoms with van der Waals surface area (Å²) in [4.78, 5) is 47.3. The molecule has 11 nitrogen and oxygen atoms in total. The molecule has 0 aliphatic heterocycles. The minimum atomic E-state index is -1.08. The van der Waals surface area contributed by atoms with Gasteiger partial charge < -0.3 is 10.1 Å². The quantitative estimate of drug-likeness (QED) is 0.445. The van der Waals surface area contributed by atoms with Crippen LogP contribution in [-0.4, -0.2) is 52.9 Å². The number of nitrogens with zero attached hydrogens (tertiary/aromatic N) is 6. The number of H-pyrrole nitrogens is 1. The van der Waals surface area contributed by atoms with Gasteiger partial charge in [0.2, 0.25) is 0 Å². The second kappa shape index (κ2) is 8.58. The Morgan fingerprint density at radius 2 is 1.91 bits per heavy atom. The van der Waals surface area contributed by atoms with E-state index in [-0.39, 0.29) is 11.6 Å². The number of fused-ring (bicyclic) bond motifs is 1. The monoisotopic (exact) mass is 461 g/mol. The Bertz CT molecular complexity index is 1450. The smallest absolute Gasteiger partial charge is 0.377 e. The molecule has 1 fully saturated rings. The highest BCUT2D eigenvalue weighted by Crippen LogP contribution is 2.29. The van der Waals surface area contributed by atoms with E-state index in [1.165, 1.54) is 17.3 Å². The number of anilines is 1. The second-order valence-corrected chi connectivity index (χ2v) is 8.41. The molecular formula is C23H23N7O4. The van der Waals surface area contributed by atoms with Crippen molar-refractivity contribution in [3.8, 4) is 5.69 Å². The van der Waals surface area contributed by atoms with E-state index in [0.29, 0.717) is 28.0 Å². The van der Waals surface area contributed by atoms with Crippen LogP contribution in [0.5, 0.6) is 0 Å². The number of aromatic amines is 1. The molecule has 0 saturated heterocycles. The molecule has 2 aromatic carbocycles. The van der Waals surface area contributed by atoms with E-state index in [0.717, 1.165) is 41.5 Å². The largest absolute Gasteiger partial charge is 0.478 e. The maximum Gasteiger partial charge on any atom is 0.377 e. The molecule has 2 heterocycles. The number of tetrazole rings is 1. The minimum Gasteiger partial charge on any atom is -0.478 e. The predicted octanol–water partition coefficient (Wildman–Crippen LogP) is 3.12. The third-order valence-electron chi connectivity index (χ3n) is 6.30. The highest BCUT2D eigenvalue weighted by atomic mass is 16.4. The van der Waals surface area contributed by atoms with Gasteiger partial charge in [-0.15, -0.1) is 4.68 Å². The molecule has 2 aromatic heterocycles. The van der Waals surface area contributed by atoms with Crippen molar-refractivity contribution in [1.82, 2.24) is 29.8 Å². The number of nitrogens with one attached hydrogen (secondary N) is 1. The number of aromatic carboxylic acids is 1. The summed E-state index contributed by atoms with van der Waals surface area (Å²) < 4.78 is 1.78. The molecule has 1 amide bonds. The lowest BCUT2D eigenvalue weighted by Gasteiger charge is -2.33. The van der Waals surface area contributed by atoms with Crippen molar-refractivity contribution >= 4 is 28.7 Å². The summed E-state index contributed by atoms with van der Waals surface area (Å²) in [6, 6.07) is 9.21. The van der Waals surface area contributed by atoms with Crippen molar-refractivity contribution in [2.24, 2.45) is 0 Å². The van der Waals surface area contributed by atoms with Gasteiger partial charge in [0, 0.05) is 11.7 Å². The fourth-order valence-corrected chi connectivity index (χ4v) is 4.55. The Balaban J connectivity index is 1.59. The van der Waals surface area contributed by atoms with Gasteiger partial charge >= 0.3 is 17.7 Å². The van der Waals surface area contributed by atoms with E-state index in [2.05, 4.69) is 20.4 Å². The fourth-order valence-electron chi connectivity index (χ4n) is 4.55. The Hall–Kier alpha value is -4.28. The Morgan fingerprint density at radius 3 is 2.68 bits per heavy atom. The molecule has 11 heteroatoms. The van der Waals surface area contributed by atoms with Crippen LogP contribution in [0.25, 0.3) is 16.7 Å². The van der Waals surface area contributed by atoms with Gasteiger partial charge in [-0.25, -0.2) is 19.4 Å². The standard InChI is InChI=1S/C23H23N7O4/c1-14-10-11-16(12-17(14)21(31)32)28(15-6-3-2-4-7-15)22(33)30-23(34)29(26-27-30)19-9-5-8-18-20(19)25-13-24-18/h5,8-13,15H,2-4,6-7H2,1H3,(H,24,25)(H,31,32). The van der Waals surface area contributed by atoms with E-state index < -0.39 is 17.7 Å². The second-order valence-electron chi connectivity index (χ2n) is 8.41. The zero-order valence-corrected chi connectivity index (χ0v) is 18.5. The van der Waals surface area contributed by atoms with Gasteiger partial charge in [-0.3, -0.25) is 4.90 Å². The zero-order chi connectivity index (χ0) is 23.8. The molecule has 0 bridgehead atoms. The van der Waals surface area contributed by atoms with E-state index in [1.807, 2.05) is 0 Å². The maximum atomic E-state index is 13.7. The molecule has 2 N–H and O–H groups in total. The van der Waals surface area contributed by atoms with E-state index in [9.17, 15) is 19.5 Å². The molecule has 174 valence electrons. The van der Waals surface area contributed by atoms with Crippen LogP contribution >= 0.6 is 0 Å². The van der Waals surface area contributed by atoms with Crippen molar-refractivity contribution in [3.05, 3.63) is 64.3 Å². The first-order valence-electron chi connectivity index (χ1n) is 11.1. The number of carbonyl (C=O) groups excluding carboxylic acids is 1. The van der Waals surface area contributed by atoms with Gasteiger partial charge in [-0.1, -0.05) is 31.4 Å². The first kappa shape index (κ1) is 21.6. The molecule has 1 aliphatic rings. The molecule has 4 aromatic rings. The molecule has 0 atom stereocenters. The SMILES string of the molecule is Cc1ccc(N(C(=O)n2nnn(-c3cccc4nc[nH]c34)c2=O)C2CCCCC2)cc1C(=O)O. The van der Waals surface area contributed by atoms with Crippen LogP contribution in [-0.2, 0) is 0 Å². The number of carbonyl (C=O) groups is 2. The van der Waals surface area contributed by atoms with Gasteiger partial charge in [0.1, 0.15) is 0 Å². The summed E-state index contributed by atoms with van der Waals surface area (Å²) in [6.45, 7) is 1.70. The van der Waals surface area contributed by atoms with Gasteiger partial charge in [0.15, 0.2) is 0 Å². The average Bonchev–Trinajstić information content (AvgIpc) is 3.47. The normalized spacial score (nSPS) is 14.4. The van der Waals surface area contributed by atoms with Gasteiger partial charge in [-0.2, -0.15) is 4.68 Å². The van der Waals surface area contributed by atoms with E-state index in [4.69, 9.17) is 0 Å². The first-order valence-corrected chi connectivity index (χ1v) is 11.1. The van der Waals surface area contributed by atoms with Crippen molar-refractivity contribution < 1.29 is 14.7 Å². The molecule has 34 heavy (non-hydrogen) atoms. The van der Waals surface area contributed by atoms with Crippen LogP contribution < -0.4 is 10.6 Å². The predicted molar refractivity (Wildman–Crippen MR) is 124 cm³/mol. The van der Waals surface area contributed by atoms with Crippen molar-refractivity contribution in [2.45, 2.75) is 45.1 Å². The summed E-state index contributed by atoms with van der Waals surface area (Å²) in [5.74, 6) is -1.08. The number of amides is 1. The van der Waals surface area contributed by atoms with Crippen LogP contribution in [0.4, 0.5) is 10.5 Å². The van der Waals surface area contributed by atoms with Crippen LogP contribution in [0.3, 0.4) is 0 Å². The average molecular weight is 461 g/mol. The van der Waals surface area contributed by atoms with Crippen LogP contribution in [0.15, 0.2) is 47.5 Å². The highest BCUT2D eigenvalue weighted by molar-refractivity contribution is 5.96. The number of aromatic nitrogens is 6. The summed E-state index contributed by atoms with van der Waals surface area (Å²) in [5, 5.41) is 17.4. The Morgan fingerprint density at radius 1 is 1.12 bits per heavy atom. The number of para-hydroxylation sites is 1. The Kier molecular flexibility index (Phi) is 5.44. The van der Waals surface area contributed by atoms with E-state index >= 15 is 0 Å². The topological polar surface area (TPSA) is 139 Å². The molecule has 5 rings (SSSR count). The van der Waals surface area contributed by atoms with Gasteiger partial charge in [0.05, 0.1) is 28.6 Å². The number of carboxylic acid groups (broad SMARTS) is 1. The van der Waals surface area contributed by atoms with Crippen molar-refractivity contribution in [1.29, 1.82) is 0 Å². The fraction of sp³-hybridized carbons (Fsp3) is 0.304. The third-order valence-corrected chi connectivity index (χ3v) is 6.30. The van der Waals surface area contributed by atoms with Crippen molar-refractivity contribution in [2.75, 3.05) is 4.90 Å². The summed E-state index contributed by atoms with van der Waals surface area (Å²) in [6.07, 6.45) is 5.95. The van der Waals surface area contributed by atoms with Crippen LogP contribution in [0, 0.1) is 6.92 Å². The van der Waals surface area contributed by atoms with Gasteiger partial charge in [-0.05, 0) is 60.0 Å². The lowest BCUT2D eigenvalue weighted by atomic mass is 9.93. The summed E-state index contributed by atoms with van der Waals surface area (Å²) in [7, 11) is 0. The third kappa shape index (κ3) is 3.64. The van der Waals surface area contributed by atoms with Crippen LogP contribution in [0.1, 0.15) is 48.0 Å². The number of rotatable bonds is 4. The van der Waals surface area contributed by atoms with Crippen molar-refractivity contribution in [3.63, 3.8) is 0 Å². The molecule has 0 unspecified atom stereocenters. The number of benzene rings is 2. The lowest BCUT2D eigenvalue weighted by molar-refractivity contribution is 0.0696. The van der Waals surface area contributed by atoms with Gasteiger partial charge in [0.25, 0.3) is 0 Å². The summed E-state index contributed by atoms with van der Waals surface area (Å²) >= 11 is 0. The Labute approximate surface area is 193 Å². The molecular weight excluding hydrogens is 438 g/mol. The molecule has 1 aliphatic carbocycles. The molecule has 0 spiro atoms. The lowest BCUT2D eigenvalue weighted by Crippen LogP contribution is -2.47. The minimum absolute atomic E-state index is 0.105. The zero-order valence-electron chi connectivity index (χ0n) is 18.5. The molecule has 1 saturated carbocycles. The summed E-state index contributed by atoms with van der Waals surface area (Å²) in [5.41, 5.74) is 2.05. The van der Waals surface area contributed by atoms with Crippen LogP contribution in [0.2, 0.25) is 0 Å². The number of carboxylic acids is 1. The number of aryl methyl sites for hydroxylation is 1. The maximum absolute atomic E-state index is 13.7. The number of hydrogen-bond acceptors (Lipinski definition) is 6. The highest BCUT2D eigenvalue weighted by Gasteiger charge is 2.31. The number of hydrogen-bond donors (Lipinski definition) is 2.